The van der Waals surface area contributed by atoms with E-state index < -0.39 is 23.4 Å². The number of carbonyl (C=O) groups is 1. The summed E-state index contributed by atoms with van der Waals surface area (Å²) in [7, 11) is 0. The molecule has 1 N–H and O–H groups in total. The van der Waals surface area contributed by atoms with Crippen molar-refractivity contribution in [1.82, 2.24) is 0 Å². The lowest BCUT2D eigenvalue weighted by Gasteiger charge is -2.08. The number of hydrogen-bond donors (Lipinski definition) is 1. The van der Waals surface area contributed by atoms with Gasteiger partial charge >= 0.3 is 0 Å². The van der Waals surface area contributed by atoms with Crippen molar-refractivity contribution in [1.29, 1.82) is 0 Å². The molecule has 2 aromatic rings. The number of halogens is 3. The first-order valence-electron chi connectivity index (χ1n) is 5.91. The molecule has 2 aromatic carbocycles. The summed E-state index contributed by atoms with van der Waals surface area (Å²) in [6.45, 7) is 2.94. The maximum atomic E-state index is 13.6. The minimum atomic E-state index is -0.726. The number of aryl methyl sites for hydroxylation is 2. The lowest BCUT2D eigenvalue weighted by molar-refractivity contribution is 0.102. The van der Waals surface area contributed by atoms with Crippen molar-refractivity contribution < 1.29 is 18.0 Å². The van der Waals surface area contributed by atoms with Gasteiger partial charge in [0.15, 0.2) is 0 Å². The Bertz CT molecular complexity index is 683. The van der Waals surface area contributed by atoms with Crippen molar-refractivity contribution in [3.8, 4) is 0 Å². The van der Waals surface area contributed by atoms with Crippen LogP contribution >= 0.6 is 0 Å². The van der Waals surface area contributed by atoms with Gasteiger partial charge in [-0.1, -0.05) is 0 Å². The van der Waals surface area contributed by atoms with E-state index in [0.717, 1.165) is 18.2 Å². The van der Waals surface area contributed by atoms with Crippen molar-refractivity contribution in [2.24, 2.45) is 0 Å². The molecule has 5 heteroatoms. The van der Waals surface area contributed by atoms with E-state index in [-0.39, 0.29) is 16.8 Å². The number of hydrogen-bond acceptors (Lipinski definition) is 1. The fraction of sp³-hybridized carbons (Fsp3) is 0.133. The van der Waals surface area contributed by atoms with Gasteiger partial charge in [0.2, 0.25) is 0 Å². The fourth-order valence-corrected chi connectivity index (χ4v) is 1.72. The van der Waals surface area contributed by atoms with E-state index >= 15 is 0 Å². The van der Waals surface area contributed by atoms with E-state index in [4.69, 9.17) is 0 Å². The number of anilines is 1. The second-order valence-corrected chi connectivity index (χ2v) is 4.50. The quantitative estimate of drug-likeness (QED) is 0.885. The minimum absolute atomic E-state index is 0.151. The number of benzene rings is 2. The van der Waals surface area contributed by atoms with Crippen LogP contribution in [0.5, 0.6) is 0 Å². The molecule has 0 radical (unpaired) electrons. The molecule has 104 valence electrons. The van der Waals surface area contributed by atoms with Crippen molar-refractivity contribution >= 4 is 11.6 Å². The Kier molecular flexibility index (Phi) is 3.79. The highest BCUT2D eigenvalue weighted by Gasteiger charge is 2.12. The van der Waals surface area contributed by atoms with Gasteiger partial charge in [-0.05, 0) is 49.2 Å². The van der Waals surface area contributed by atoms with Crippen LogP contribution in [0.3, 0.4) is 0 Å². The third-order valence-electron chi connectivity index (χ3n) is 2.92. The van der Waals surface area contributed by atoms with Crippen molar-refractivity contribution in [2.45, 2.75) is 13.8 Å². The lowest BCUT2D eigenvalue weighted by atomic mass is 10.1. The summed E-state index contributed by atoms with van der Waals surface area (Å²) in [5.74, 6) is -2.41. The molecule has 2 rings (SSSR count). The normalized spacial score (nSPS) is 10.4. The third kappa shape index (κ3) is 2.82. The third-order valence-corrected chi connectivity index (χ3v) is 2.92. The largest absolute Gasteiger partial charge is 0.319 e. The van der Waals surface area contributed by atoms with Crippen LogP contribution < -0.4 is 5.32 Å². The van der Waals surface area contributed by atoms with E-state index in [1.807, 2.05) is 0 Å². The van der Waals surface area contributed by atoms with Crippen LogP contribution in [0.2, 0.25) is 0 Å². The average Bonchev–Trinajstić information content (AvgIpc) is 2.39. The molecule has 0 atom stereocenters. The zero-order valence-electron chi connectivity index (χ0n) is 10.9. The van der Waals surface area contributed by atoms with Crippen molar-refractivity contribution in [3.05, 3.63) is 64.5 Å². The summed E-state index contributed by atoms with van der Waals surface area (Å²) >= 11 is 0. The van der Waals surface area contributed by atoms with Gasteiger partial charge in [0.1, 0.15) is 17.5 Å². The predicted molar refractivity (Wildman–Crippen MR) is 70.2 cm³/mol. The fourth-order valence-electron chi connectivity index (χ4n) is 1.72. The van der Waals surface area contributed by atoms with Crippen molar-refractivity contribution in [2.75, 3.05) is 5.32 Å². The van der Waals surface area contributed by atoms with Gasteiger partial charge < -0.3 is 5.32 Å². The van der Waals surface area contributed by atoms with Gasteiger partial charge in [-0.3, -0.25) is 4.79 Å². The van der Waals surface area contributed by atoms with E-state index in [1.165, 1.54) is 26.0 Å². The molecule has 0 unspecified atom stereocenters. The number of carbonyl (C=O) groups excluding carboxylic acids is 1. The molecular weight excluding hydrogens is 267 g/mol. The van der Waals surface area contributed by atoms with Crippen molar-refractivity contribution in [3.63, 3.8) is 0 Å². The molecule has 0 aliphatic rings. The molecule has 0 aromatic heterocycles. The summed E-state index contributed by atoms with van der Waals surface area (Å²) in [5, 5.41) is 2.26. The molecule has 0 spiro atoms. The molecule has 0 fully saturated rings. The van der Waals surface area contributed by atoms with Gasteiger partial charge in [-0.15, -0.1) is 0 Å². The van der Waals surface area contributed by atoms with Crippen LogP contribution in [0.15, 0.2) is 30.3 Å². The Balaban J connectivity index is 2.27. The highest BCUT2D eigenvalue weighted by molar-refractivity contribution is 6.04. The SMILES string of the molecule is Cc1cc(C(=O)Nc2cc(F)c(C)cc2F)ccc1F. The molecule has 0 aliphatic carbocycles. The molecule has 1 amide bonds. The Morgan fingerprint density at radius 1 is 0.900 bits per heavy atom. The maximum absolute atomic E-state index is 13.6. The lowest BCUT2D eigenvalue weighted by Crippen LogP contribution is -2.13. The molecule has 0 bridgehead atoms. The van der Waals surface area contributed by atoms with Crippen LogP contribution in [0.25, 0.3) is 0 Å². The maximum Gasteiger partial charge on any atom is 0.255 e. The summed E-state index contributed by atoms with van der Waals surface area (Å²) in [6, 6.07) is 5.68. The van der Waals surface area contributed by atoms with Gasteiger partial charge in [0.05, 0.1) is 5.69 Å². The van der Waals surface area contributed by atoms with Crippen LogP contribution in [0.4, 0.5) is 18.9 Å². The summed E-state index contributed by atoms with van der Waals surface area (Å²) in [4.78, 5) is 11.9. The highest BCUT2D eigenvalue weighted by atomic mass is 19.1. The molecule has 0 aliphatic heterocycles. The second kappa shape index (κ2) is 5.36. The minimum Gasteiger partial charge on any atom is -0.319 e. The molecule has 0 saturated carbocycles. The Hall–Kier alpha value is -2.30. The monoisotopic (exact) mass is 279 g/mol. The summed E-state index contributed by atoms with van der Waals surface area (Å²) in [6.07, 6.45) is 0. The topological polar surface area (TPSA) is 29.1 Å². The van der Waals surface area contributed by atoms with Crippen LogP contribution in [-0.2, 0) is 0 Å². The summed E-state index contributed by atoms with van der Waals surface area (Å²) in [5.41, 5.74) is 0.371. The molecule has 0 saturated heterocycles. The zero-order chi connectivity index (χ0) is 14.9. The Morgan fingerprint density at radius 3 is 2.20 bits per heavy atom. The number of nitrogens with one attached hydrogen (secondary N) is 1. The molecule has 20 heavy (non-hydrogen) atoms. The zero-order valence-corrected chi connectivity index (χ0v) is 10.9. The highest BCUT2D eigenvalue weighted by Crippen LogP contribution is 2.20. The predicted octanol–water partition coefficient (Wildman–Crippen LogP) is 3.97. The second-order valence-electron chi connectivity index (χ2n) is 4.50. The Labute approximate surface area is 114 Å². The molecule has 2 nitrogen and oxygen atoms in total. The van der Waals surface area contributed by atoms with Gasteiger partial charge in [-0.25, -0.2) is 13.2 Å². The standard InChI is InChI=1S/C15H12F3NO/c1-8-5-10(3-4-11(8)16)15(20)19-14-7-12(17)9(2)6-13(14)18/h3-7H,1-2H3,(H,19,20). The Morgan fingerprint density at radius 2 is 1.55 bits per heavy atom. The van der Waals surface area contributed by atoms with E-state index in [0.29, 0.717) is 5.56 Å². The van der Waals surface area contributed by atoms with E-state index in [9.17, 15) is 18.0 Å². The van der Waals surface area contributed by atoms with Gasteiger partial charge in [-0.2, -0.15) is 0 Å². The number of rotatable bonds is 2. The van der Waals surface area contributed by atoms with Crippen LogP contribution in [0, 0.1) is 31.3 Å². The molecular formula is C15H12F3NO. The van der Waals surface area contributed by atoms with Gasteiger partial charge in [0, 0.05) is 11.6 Å². The first-order valence-corrected chi connectivity index (χ1v) is 5.91. The van der Waals surface area contributed by atoms with Gasteiger partial charge in [0.25, 0.3) is 5.91 Å². The van der Waals surface area contributed by atoms with Crippen LogP contribution in [0.1, 0.15) is 21.5 Å². The first-order chi connectivity index (χ1) is 9.38. The number of amides is 1. The van der Waals surface area contributed by atoms with E-state index in [2.05, 4.69) is 5.32 Å². The first kappa shape index (κ1) is 14.1. The van der Waals surface area contributed by atoms with E-state index in [1.54, 1.807) is 0 Å². The van der Waals surface area contributed by atoms with Crippen LogP contribution in [-0.4, -0.2) is 5.91 Å². The summed E-state index contributed by atoms with van der Waals surface area (Å²) < 4.78 is 40.1. The molecule has 0 heterocycles. The average molecular weight is 279 g/mol. The smallest absolute Gasteiger partial charge is 0.255 e.